The number of rotatable bonds is 5. The molecule has 1 aromatic rings. The second-order valence-electron chi connectivity index (χ2n) is 2.87. The number of nitrogens with one attached hydrogen (secondary N) is 1. The van der Waals surface area contributed by atoms with Gasteiger partial charge in [-0.15, -0.1) is 0 Å². The third-order valence-electron chi connectivity index (χ3n) is 1.82. The maximum absolute atomic E-state index is 10.7. The van der Waals surface area contributed by atoms with E-state index in [0.29, 0.717) is 12.3 Å². The molecule has 0 aromatic heterocycles. The Hall–Kier alpha value is -1.83. The molecule has 0 radical (unpaired) electrons. The molecule has 0 unspecified atom stereocenters. The fraction of sp³-hybridized carbons (Fsp3) is 0.250. The van der Waals surface area contributed by atoms with Crippen LogP contribution in [0.15, 0.2) is 18.2 Å². The number of benzene rings is 1. The Bertz CT molecular complexity index is 424. The van der Waals surface area contributed by atoms with Crippen LogP contribution in [0.2, 0.25) is 0 Å². The van der Waals surface area contributed by atoms with E-state index >= 15 is 0 Å². The van der Waals surface area contributed by atoms with E-state index in [-0.39, 0.29) is 17.1 Å². The van der Waals surface area contributed by atoms with Crippen molar-refractivity contribution in [1.82, 2.24) is 0 Å². The van der Waals surface area contributed by atoms with Crippen molar-refractivity contribution >= 4 is 29.7 Å². The van der Waals surface area contributed by atoms with Crippen LogP contribution < -0.4 is 5.32 Å². The Kier molecular flexibility index (Phi) is 4.06. The van der Waals surface area contributed by atoms with E-state index in [0.717, 1.165) is 6.07 Å². The maximum atomic E-state index is 10.7. The van der Waals surface area contributed by atoms with Crippen molar-refractivity contribution in [3.63, 3.8) is 0 Å². The summed E-state index contributed by atoms with van der Waals surface area (Å²) in [5, 5.41) is 23.9. The Morgan fingerprint density at radius 1 is 1.25 bits per heavy atom. The molecule has 0 saturated carbocycles. The van der Waals surface area contributed by atoms with Crippen LogP contribution in [-0.4, -0.2) is 22.1 Å². The summed E-state index contributed by atoms with van der Waals surface area (Å²) in [6.45, 7) is 0.446. The minimum absolute atomic E-state index is 0.254. The first-order valence-electron chi connectivity index (χ1n) is 4.34. The molecule has 0 spiro atoms. The van der Waals surface area contributed by atoms with Gasteiger partial charge in [0.25, 0.3) is 11.4 Å². The van der Waals surface area contributed by atoms with Crippen molar-refractivity contribution in [2.75, 3.05) is 17.6 Å². The lowest BCUT2D eigenvalue weighted by molar-refractivity contribution is -0.393. The van der Waals surface area contributed by atoms with Gasteiger partial charge in [-0.25, -0.2) is 0 Å². The number of hydrogen-bond donors (Lipinski definition) is 2. The van der Waals surface area contributed by atoms with Gasteiger partial charge in [0.1, 0.15) is 5.69 Å². The van der Waals surface area contributed by atoms with Gasteiger partial charge in [0, 0.05) is 18.4 Å². The highest BCUT2D eigenvalue weighted by molar-refractivity contribution is 7.80. The Morgan fingerprint density at radius 2 is 1.94 bits per heavy atom. The normalized spacial score (nSPS) is 9.81. The molecule has 0 saturated heterocycles. The zero-order valence-corrected chi connectivity index (χ0v) is 9.02. The third-order valence-corrected chi connectivity index (χ3v) is 2.04. The lowest BCUT2D eigenvalue weighted by Crippen LogP contribution is -2.05. The number of non-ortho nitro benzene ring substituents is 1. The van der Waals surface area contributed by atoms with Gasteiger partial charge in [0.2, 0.25) is 0 Å². The molecule has 1 aromatic carbocycles. The fourth-order valence-electron chi connectivity index (χ4n) is 1.12. The predicted octanol–water partition coefficient (Wildman–Crippen LogP) is 1.84. The summed E-state index contributed by atoms with van der Waals surface area (Å²) < 4.78 is 0. The number of nitrogens with zero attached hydrogens (tertiary/aromatic N) is 2. The van der Waals surface area contributed by atoms with E-state index in [4.69, 9.17) is 0 Å². The van der Waals surface area contributed by atoms with E-state index in [1.807, 2.05) is 0 Å². The molecular weight excluding hydrogens is 234 g/mol. The summed E-state index contributed by atoms with van der Waals surface area (Å²) in [5.41, 5.74) is -0.358. The molecule has 8 heteroatoms. The second-order valence-corrected chi connectivity index (χ2v) is 3.31. The van der Waals surface area contributed by atoms with Crippen LogP contribution in [0.25, 0.3) is 0 Å². The van der Waals surface area contributed by atoms with Crippen molar-refractivity contribution in [2.45, 2.75) is 0 Å². The number of anilines is 1. The monoisotopic (exact) mass is 243 g/mol. The molecule has 86 valence electrons. The molecule has 0 bridgehead atoms. The van der Waals surface area contributed by atoms with Crippen LogP contribution in [0.3, 0.4) is 0 Å². The average Bonchev–Trinajstić information content (AvgIpc) is 2.25. The van der Waals surface area contributed by atoms with Gasteiger partial charge >= 0.3 is 0 Å². The first-order valence-corrected chi connectivity index (χ1v) is 4.97. The van der Waals surface area contributed by atoms with E-state index < -0.39 is 9.85 Å². The van der Waals surface area contributed by atoms with Crippen molar-refractivity contribution in [3.05, 3.63) is 38.4 Å². The minimum atomic E-state index is -0.671. The van der Waals surface area contributed by atoms with Crippen LogP contribution in [-0.2, 0) is 0 Å². The van der Waals surface area contributed by atoms with Gasteiger partial charge in [-0.2, -0.15) is 12.6 Å². The first-order chi connectivity index (χ1) is 7.56. The highest BCUT2D eigenvalue weighted by Crippen LogP contribution is 2.28. The molecule has 0 fully saturated rings. The number of nitro benzene ring substituents is 2. The fourth-order valence-corrected chi connectivity index (χ4v) is 1.24. The molecule has 0 aliphatic carbocycles. The standard InChI is InChI=1S/C8H9N3O4S/c12-10(13)6-1-2-7(9-3-4-16)8(5-6)11(14)15/h1-2,5,9,16H,3-4H2. The lowest BCUT2D eigenvalue weighted by atomic mass is 10.2. The molecule has 1 N–H and O–H groups in total. The Labute approximate surface area is 96.2 Å². The van der Waals surface area contributed by atoms with Crippen molar-refractivity contribution in [3.8, 4) is 0 Å². The Balaban J connectivity index is 3.09. The summed E-state index contributed by atoms with van der Waals surface area (Å²) in [5.74, 6) is 0.508. The number of thiol groups is 1. The van der Waals surface area contributed by atoms with Gasteiger partial charge in [-0.1, -0.05) is 0 Å². The average molecular weight is 243 g/mol. The molecule has 0 aliphatic rings. The largest absolute Gasteiger partial charge is 0.379 e. The first kappa shape index (κ1) is 12.2. The molecule has 16 heavy (non-hydrogen) atoms. The van der Waals surface area contributed by atoms with Crippen LogP contribution in [0, 0.1) is 20.2 Å². The highest BCUT2D eigenvalue weighted by Gasteiger charge is 2.18. The molecule has 0 heterocycles. The SMILES string of the molecule is O=[N+]([O-])c1ccc(NCCS)c([N+](=O)[O-])c1. The smallest absolute Gasteiger partial charge is 0.299 e. The van der Waals surface area contributed by atoms with Crippen molar-refractivity contribution in [2.24, 2.45) is 0 Å². The van der Waals surface area contributed by atoms with Crippen molar-refractivity contribution in [1.29, 1.82) is 0 Å². The quantitative estimate of drug-likeness (QED) is 0.467. The second kappa shape index (κ2) is 5.31. The predicted molar refractivity (Wildman–Crippen MR) is 62.1 cm³/mol. The molecule has 0 aliphatic heterocycles. The van der Waals surface area contributed by atoms with Crippen LogP contribution in [0.5, 0.6) is 0 Å². The summed E-state index contributed by atoms with van der Waals surface area (Å²) in [4.78, 5) is 19.8. The van der Waals surface area contributed by atoms with E-state index in [2.05, 4.69) is 17.9 Å². The van der Waals surface area contributed by atoms with Gasteiger partial charge in [-0.05, 0) is 6.07 Å². The summed E-state index contributed by atoms with van der Waals surface area (Å²) in [6, 6.07) is 3.47. The van der Waals surface area contributed by atoms with Gasteiger partial charge in [-0.3, -0.25) is 20.2 Å². The summed E-state index contributed by atoms with van der Waals surface area (Å²) in [7, 11) is 0. The van der Waals surface area contributed by atoms with Crippen LogP contribution in [0.1, 0.15) is 0 Å². The zero-order valence-electron chi connectivity index (χ0n) is 8.12. The molecule has 0 amide bonds. The van der Waals surface area contributed by atoms with Crippen LogP contribution >= 0.6 is 12.6 Å². The number of hydrogen-bond acceptors (Lipinski definition) is 6. The topological polar surface area (TPSA) is 98.3 Å². The molecule has 1 rings (SSSR count). The van der Waals surface area contributed by atoms with E-state index in [9.17, 15) is 20.2 Å². The summed E-state index contributed by atoms with van der Waals surface area (Å²) >= 11 is 3.95. The van der Waals surface area contributed by atoms with E-state index in [1.165, 1.54) is 12.1 Å². The molecule has 0 atom stereocenters. The van der Waals surface area contributed by atoms with Gasteiger partial charge in [0.05, 0.1) is 15.9 Å². The van der Waals surface area contributed by atoms with Crippen LogP contribution in [0.4, 0.5) is 17.1 Å². The van der Waals surface area contributed by atoms with Crippen molar-refractivity contribution < 1.29 is 9.85 Å². The summed E-state index contributed by atoms with van der Waals surface area (Å²) in [6.07, 6.45) is 0. The molecular formula is C8H9N3O4S. The van der Waals surface area contributed by atoms with Gasteiger partial charge in [0.15, 0.2) is 0 Å². The third kappa shape index (κ3) is 2.83. The Morgan fingerprint density at radius 3 is 2.44 bits per heavy atom. The maximum Gasteiger partial charge on any atom is 0.299 e. The number of nitro groups is 2. The van der Waals surface area contributed by atoms with Gasteiger partial charge < -0.3 is 5.32 Å². The van der Waals surface area contributed by atoms with E-state index in [1.54, 1.807) is 0 Å². The zero-order chi connectivity index (χ0) is 12.1. The molecule has 7 nitrogen and oxygen atoms in total. The minimum Gasteiger partial charge on any atom is -0.379 e. The highest BCUT2D eigenvalue weighted by atomic mass is 32.1. The lowest BCUT2D eigenvalue weighted by Gasteiger charge is -2.04.